The van der Waals surface area contributed by atoms with Crippen LogP contribution in [0.3, 0.4) is 0 Å². The summed E-state index contributed by atoms with van der Waals surface area (Å²) in [6, 6.07) is 0.151. The van der Waals surface area contributed by atoms with E-state index in [1.165, 1.54) is 30.6 Å². The average Bonchev–Trinajstić information content (AvgIpc) is 2.98. The van der Waals surface area contributed by atoms with Crippen molar-refractivity contribution < 1.29 is 4.79 Å². The fourth-order valence-electron chi connectivity index (χ4n) is 2.38. The molecule has 7 heteroatoms. The second-order valence-corrected chi connectivity index (χ2v) is 7.33. The van der Waals surface area contributed by atoms with E-state index in [9.17, 15) is 4.79 Å². The number of hydrogen-bond donors (Lipinski definition) is 2. The van der Waals surface area contributed by atoms with Gasteiger partial charge in [-0.15, -0.1) is 10.2 Å². The fraction of sp³-hybridized carbons (Fsp3) is 0.750. The molecule has 104 valence electrons. The molecule has 2 amide bonds. The molecular formula is C12H18N4OS2. The van der Waals surface area contributed by atoms with Crippen molar-refractivity contribution in [1.29, 1.82) is 0 Å². The maximum Gasteiger partial charge on any atom is 0.321 e. The third kappa shape index (κ3) is 3.39. The minimum atomic E-state index is -0.148. The van der Waals surface area contributed by atoms with E-state index in [1.807, 2.05) is 11.8 Å². The molecule has 1 aromatic heterocycles. The zero-order valence-corrected chi connectivity index (χ0v) is 12.5. The van der Waals surface area contributed by atoms with Crippen LogP contribution in [-0.4, -0.2) is 33.8 Å². The lowest BCUT2D eigenvalue weighted by molar-refractivity contribution is 0.248. The van der Waals surface area contributed by atoms with Crippen molar-refractivity contribution >= 4 is 34.3 Å². The number of thioether (sulfide) groups is 1. The summed E-state index contributed by atoms with van der Waals surface area (Å²) in [5, 5.41) is 16.3. The third-order valence-corrected chi connectivity index (χ3v) is 5.74. The maximum absolute atomic E-state index is 11.9. The van der Waals surface area contributed by atoms with Gasteiger partial charge in [0.05, 0.1) is 0 Å². The van der Waals surface area contributed by atoms with Crippen LogP contribution in [0.4, 0.5) is 9.93 Å². The third-order valence-electron chi connectivity index (χ3n) is 3.64. The molecule has 2 aliphatic carbocycles. The molecule has 0 unspecified atom stereocenters. The Morgan fingerprint density at radius 2 is 2.16 bits per heavy atom. The van der Waals surface area contributed by atoms with E-state index in [0.717, 1.165) is 17.8 Å². The largest absolute Gasteiger partial charge is 0.335 e. The van der Waals surface area contributed by atoms with E-state index < -0.39 is 0 Å². The van der Waals surface area contributed by atoms with Crippen LogP contribution in [0, 0.1) is 0 Å². The molecule has 0 aromatic carbocycles. The SMILES string of the molecule is CS[C@H]1CC[C@@H](NC(=O)Nc2nnc(C3CC3)s2)C1. The second kappa shape index (κ2) is 5.66. The minimum Gasteiger partial charge on any atom is -0.335 e. The summed E-state index contributed by atoms with van der Waals surface area (Å²) < 4.78 is 0. The lowest BCUT2D eigenvalue weighted by atomic mass is 10.2. The zero-order chi connectivity index (χ0) is 13.2. The lowest BCUT2D eigenvalue weighted by Gasteiger charge is -2.12. The number of anilines is 1. The molecule has 0 aliphatic heterocycles. The number of hydrogen-bond acceptors (Lipinski definition) is 5. The molecule has 2 fully saturated rings. The molecule has 1 aromatic rings. The number of aromatic nitrogens is 2. The Balaban J connectivity index is 1.47. The highest BCUT2D eigenvalue weighted by atomic mass is 32.2. The summed E-state index contributed by atoms with van der Waals surface area (Å²) in [4.78, 5) is 11.9. The molecule has 1 heterocycles. The molecule has 2 saturated carbocycles. The van der Waals surface area contributed by atoms with Crippen molar-refractivity contribution in [2.24, 2.45) is 0 Å². The predicted octanol–water partition coefficient (Wildman–Crippen LogP) is 2.82. The van der Waals surface area contributed by atoms with Gasteiger partial charge in [0.25, 0.3) is 0 Å². The molecule has 0 saturated heterocycles. The molecular weight excluding hydrogens is 280 g/mol. The summed E-state index contributed by atoms with van der Waals surface area (Å²) in [6.45, 7) is 0. The normalized spacial score (nSPS) is 26.4. The van der Waals surface area contributed by atoms with Gasteiger partial charge in [-0.25, -0.2) is 4.79 Å². The lowest BCUT2D eigenvalue weighted by Crippen LogP contribution is -2.36. The number of urea groups is 1. The summed E-state index contributed by atoms with van der Waals surface area (Å²) in [5.41, 5.74) is 0. The van der Waals surface area contributed by atoms with Crippen LogP contribution >= 0.6 is 23.1 Å². The number of rotatable bonds is 4. The van der Waals surface area contributed by atoms with Gasteiger partial charge in [0.2, 0.25) is 5.13 Å². The highest BCUT2D eigenvalue weighted by molar-refractivity contribution is 7.99. The zero-order valence-electron chi connectivity index (χ0n) is 10.9. The number of amides is 2. The average molecular weight is 298 g/mol. The molecule has 2 N–H and O–H groups in total. The Morgan fingerprint density at radius 3 is 2.84 bits per heavy atom. The molecule has 2 aliphatic rings. The molecule has 0 spiro atoms. The van der Waals surface area contributed by atoms with Gasteiger partial charge in [0.1, 0.15) is 5.01 Å². The Labute approximate surface area is 121 Å². The molecule has 2 atom stereocenters. The number of nitrogens with zero attached hydrogens (tertiary/aromatic N) is 2. The van der Waals surface area contributed by atoms with Gasteiger partial charge in [-0.2, -0.15) is 11.8 Å². The highest BCUT2D eigenvalue weighted by Gasteiger charge is 2.28. The topological polar surface area (TPSA) is 66.9 Å². The smallest absolute Gasteiger partial charge is 0.321 e. The van der Waals surface area contributed by atoms with Gasteiger partial charge < -0.3 is 5.32 Å². The summed E-state index contributed by atoms with van der Waals surface area (Å²) in [7, 11) is 0. The first-order chi connectivity index (χ1) is 9.24. The van der Waals surface area contributed by atoms with Crippen molar-refractivity contribution in [3.63, 3.8) is 0 Å². The Bertz CT molecular complexity index is 460. The fourth-order valence-corrected chi connectivity index (χ4v) is 4.09. The first kappa shape index (κ1) is 13.2. The van der Waals surface area contributed by atoms with Gasteiger partial charge in [0.15, 0.2) is 0 Å². The van der Waals surface area contributed by atoms with E-state index in [4.69, 9.17) is 0 Å². The van der Waals surface area contributed by atoms with Crippen molar-refractivity contribution in [3.8, 4) is 0 Å². The molecule has 0 radical (unpaired) electrons. The molecule has 19 heavy (non-hydrogen) atoms. The first-order valence-corrected chi connectivity index (χ1v) is 8.78. The molecule has 5 nitrogen and oxygen atoms in total. The van der Waals surface area contributed by atoms with E-state index in [2.05, 4.69) is 27.1 Å². The van der Waals surface area contributed by atoms with Crippen molar-refractivity contribution in [3.05, 3.63) is 5.01 Å². The van der Waals surface area contributed by atoms with Crippen LogP contribution in [-0.2, 0) is 0 Å². The predicted molar refractivity (Wildman–Crippen MR) is 79.0 cm³/mol. The maximum atomic E-state index is 11.9. The van der Waals surface area contributed by atoms with Crippen LogP contribution in [0.2, 0.25) is 0 Å². The van der Waals surface area contributed by atoms with Crippen molar-refractivity contribution in [1.82, 2.24) is 15.5 Å². The quantitative estimate of drug-likeness (QED) is 0.897. The van der Waals surface area contributed by atoms with Crippen LogP contribution < -0.4 is 10.6 Å². The second-order valence-electron chi connectivity index (χ2n) is 5.19. The number of carbonyl (C=O) groups excluding carboxylic acids is 1. The van der Waals surface area contributed by atoms with Gasteiger partial charge in [-0.05, 0) is 38.4 Å². The van der Waals surface area contributed by atoms with Crippen LogP contribution in [0.5, 0.6) is 0 Å². The van der Waals surface area contributed by atoms with Gasteiger partial charge >= 0.3 is 6.03 Å². The number of carbonyl (C=O) groups is 1. The van der Waals surface area contributed by atoms with Crippen LogP contribution in [0.25, 0.3) is 0 Å². The van der Waals surface area contributed by atoms with Crippen molar-refractivity contribution in [2.45, 2.75) is 49.3 Å². The Morgan fingerprint density at radius 1 is 1.32 bits per heavy atom. The van der Waals surface area contributed by atoms with Gasteiger partial charge in [0, 0.05) is 17.2 Å². The molecule has 0 bridgehead atoms. The van der Waals surface area contributed by atoms with Crippen LogP contribution in [0.15, 0.2) is 0 Å². The highest BCUT2D eigenvalue weighted by Crippen LogP contribution is 2.42. The minimum absolute atomic E-state index is 0.148. The van der Waals surface area contributed by atoms with E-state index >= 15 is 0 Å². The molecule has 3 rings (SSSR count). The monoisotopic (exact) mass is 298 g/mol. The van der Waals surface area contributed by atoms with Crippen LogP contribution in [0.1, 0.15) is 43.0 Å². The number of nitrogens with one attached hydrogen (secondary N) is 2. The summed E-state index contributed by atoms with van der Waals surface area (Å²) in [6.07, 6.45) is 7.88. The Kier molecular flexibility index (Phi) is 3.93. The summed E-state index contributed by atoms with van der Waals surface area (Å²) in [5.74, 6) is 0.591. The van der Waals surface area contributed by atoms with E-state index in [1.54, 1.807) is 0 Å². The summed E-state index contributed by atoms with van der Waals surface area (Å²) >= 11 is 3.39. The first-order valence-electron chi connectivity index (χ1n) is 6.68. The standard InChI is InChI=1S/C12H18N4OS2/c1-18-9-5-4-8(6-9)13-11(17)14-12-16-15-10(19-12)7-2-3-7/h7-9H,2-6H2,1H3,(H2,13,14,16,17)/t8-,9+/m1/s1. The van der Waals surface area contributed by atoms with Crippen molar-refractivity contribution in [2.75, 3.05) is 11.6 Å². The van der Waals surface area contributed by atoms with Gasteiger partial charge in [-0.3, -0.25) is 5.32 Å². The van der Waals surface area contributed by atoms with E-state index in [-0.39, 0.29) is 6.03 Å². The Hall–Kier alpha value is -0.820. The van der Waals surface area contributed by atoms with Gasteiger partial charge in [-0.1, -0.05) is 11.3 Å². The van der Waals surface area contributed by atoms with E-state index in [0.29, 0.717) is 22.3 Å².